The van der Waals surface area contributed by atoms with E-state index in [1.165, 1.54) is 6.07 Å². The van der Waals surface area contributed by atoms with Crippen LogP contribution < -0.4 is 4.72 Å². The van der Waals surface area contributed by atoms with Crippen molar-refractivity contribution in [2.75, 3.05) is 0 Å². The summed E-state index contributed by atoms with van der Waals surface area (Å²) in [5, 5.41) is 9.69. The number of pyridine rings is 1. The first kappa shape index (κ1) is 15.4. The Balaban J connectivity index is 2.52. The predicted molar refractivity (Wildman–Crippen MR) is 78.5 cm³/mol. The van der Waals surface area contributed by atoms with E-state index in [0.29, 0.717) is 10.9 Å². The summed E-state index contributed by atoms with van der Waals surface area (Å²) in [5.74, 6) is -1.20. The molecule has 0 aliphatic heterocycles. The molecule has 0 saturated heterocycles. The van der Waals surface area contributed by atoms with E-state index in [1.807, 2.05) is 13.0 Å². The lowest BCUT2D eigenvalue weighted by Gasteiger charge is -2.14. The number of benzene rings is 1. The Morgan fingerprint density at radius 2 is 2.14 bits per heavy atom. The molecule has 0 bridgehead atoms. The number of carboxylic acid groups (broad SMARTS) is 1. The first-order chi connectivity index (χ1) is 9.85. The van der Waals surface area contributed by atoms with E-state index in [9.17, 15) is 13.2 Å². The molecule has 0 aliphatic rings. The van der Waals surface area contributed by atoms with Crippen LogP contribution in [0.4, 0.5) is 0 Å². The Bertz CT molecular complexity index is 787. The van der Waals surface area contributed by atoms with Crippen molar-refractivity contribution in [1.29, 1.82) is 0 Å². The second-order valence-corrected chi connectivity index (χ2v) is 6.44. The highest BCUT2D eigenvalue weighted by Gasteiger charge is 2.25. The average molecular weight is 308 g/mol. The van der Waals surface area contributed by atoms with Crippen molar-refractivity contribution < 1.29 is 18.3 Å². The van der Waals surface area contributed by atoms with Gasteiger partial charge in [0.15, 0.2) is 0 Å². The van der Waals surface area contributed by atoms with Crippen LogP contribution >= 0.6 is 0 Å². The molecular weight excluding hydrogens is 292 g/mol. The van der Waals surface area contributed by atoms with E-state index in [0.717, 1.165) is 5.56 Å². The number of para-hydroxylation sites is 1. The van der Waals surface area contributed by atoms with Gasteiger partial charge in [-0.3, -0.25) is 9.78 Å². The fourth-order valence-electron chi connectivity index (χ4n) is 2.02. The van der Waals surface area contributed by atoms with Gasteiger partial charge in [-0.25, -0.2) is 8.42 Å². The first-order valence-electron chi connectivity index (χ1n) is 6.45. The Morgan fingerprint density at radius 3 is 2.76 bits per heavy atom. The van der Waals surface area contributed by atoms with Gasteiger partial charge in [-0.05, 0) is 31.0 Å². The maximum absolute atomic E-state index is 12.4. The highest BCUT2D eigenvalue weighted by Crippen LogP contribution is 2.22. The number of aryl methyl sites for hydroxylation is 1. The van der Waals surface area contributed by atoms with Crippen LogP contribution in [0.15, 0.2) is 35.4 Å². The predicted octanol–water partition coefficient (Wildman–Crippen LogP) is 1.68. The average Bonchev–Trinajstić information content (AvgIpc) is 2.43. The van der Waals surface area contributed by atoms with E-state index >= 15 is 0 Å². The number of fused-ring (bicyclic) bond motifs is 1. The molecule has 1 unspecified atom stereocenters. The lowest BCUT2D eigenvalue weighted by molar-refractivity contribution is -0.139. The number of hydrogen-bond donors (Lipinski definition) is 2. The SMILES string of the molecule is CCC(NS(=O)(=O)c1cccc2cc(C)cnc12)C(=O)O. The molecule has 21 heavy (non-hydrogen) atoms. The van der Waals surface area contributed by atoms with Gasteiger partial charge >= 0.3 is 5.97 Å². The number of rotatable bonds is 5. The number of hydrogen-bond acceptors (Lipinski definition) is 4. The molecule has 0 radical (unpaired) electrons. The van der Waals surface area contributed by atoms with Crippen molar-refractivity contribution in [3.63, 3.8) is 0 Å². The van der Waals surface area contributed by atoms with Gasteiger partial charge in [-0.1, -0.05) is 19.1 Å². The van der Waals surface area contributed by atoms with Crippen molar-refractivity contribution in [2.45, 2.75) is 31.2 Å². The fourth-order valence-corrected chi connectivity index (χ4v) is 3.47. The molecule has 7 heteroatoms. The quantitative estimate of drug-likeness (QED) is 0.876. The zero-order valence-electron chi connectivity index (χ0n) is 11.7. The molecule has 0 amide bonds. The minimum atomic E-state index is -3.95. The molecular formula is C14H16N2O4S. The van der Waals surface area contributed by atoms with Gasteiger partial charge in [0.25, 0.3) is 0 Å². The third-order valence-electron chi connectivity index (χ3n) is 3.10. The van der Waals surface area contributed by atoms with E-state index in [1.54, 1.807) is 25.3 Å². The van der Waals surface area contributed by atoms with Gasteiger partial charge in [-0.2, -0.15) is 4.72 Å². The molecule has 1 aromatic carbocycles. The Kier molecular flexibility index (Phi) is 4.24. The molecule has 0 fully saturated rings. The number of aliphatic carboxylic acids is 1. The van der Waals surface area contributed by atoms with Gasteiger partial charge < -0.3 is 5.11 Å². The third-order valence-corrected chi connectivity index (χ3v) is 4.61. The molecule has 0 saturated carbocycles. The smallest absolute Gasteiger partial charge is 0.321 e. The topological polar surface area (TPSA) is 96.4 Å². The first-order valence-corrected chi connectivity index (χ1v) is 7.94. The molecule has 1 heterocycles. The van der Waals surface area contributed by atoms with Crippen LogP contribution in [-0.4, -0.2) is 30.5 Å². The zero-order valence-corrected chi connectivity index (χ0v) is 12.5. The largest absolute Gasteiger partial charge is 0.480 e. The van der Waals surface area contributed by atoms with E-state index < -0.39 is 22.0 Å². The highest BCUT2D eigenvalue weighted by molar-refractivity contribution is 7.89. The summed E-state index contributed by atoms with van der Waals surface area (Å²) in [5.41, 5.74) is 1.25. The number of sulfonamides is 1. The molecule has 2 rings (SSSR count). The lowest BCUT2D eigenvalue weighted by Crippen LogP contribution is -2.40. The lowest BCUT2D eigenvalue weighted by atomic mass is 10.2. The van der Waals surface area contributed by atoms with Crippen molar-refractivity contribution in [1.82, 2.24) is 9.71 Å². The molecule has 2 aromatic rings. The molecule has 0 spiro atoms. The fraction of sp³-hybridized carbons (Fsp3) is 0.286. The monoisotopic (exact) mass is 308 g/mol. The van der Waals surface area contributed by atoms with Crippen LogP contribution in [0.3, 0.4) is 0 Å². The summed E-state index contributed by atoms with van der Waals surface area (Å²) in [6.07, 6.45) is 1.74. The summed E-state index contributed by atoms with van der Waals surface area (Å²) in [6, 6.07) is 5.47. The minimum absolute atomic E-state index is 0.0142. The number of nitrogens with zero attached hydrogens (tertiary/aromatic N) is 1. The van der Waals surface area contributed by atoms with Crippen molar-refractivity contribution in [2.24, 2.45) is 0 Å². The molecule has 0 aliphatic carbocycles. The highest BCUT2D eigenvalue weighted by atomic mass is 32.2. The van der Waals surface area contributed by atoms with Crippen LogP contribution in [0.25, 0.3) is 10.9 Å². The number of nitrogens with one attached hydrogen (secondary N) is 1. The van der Waals surface area contributed by atoms with Crippen LogP contribution in [0.5, 0.6) is 0 Å². The summed E-state index contributed by atoms with van der Waals surface area (Å²) >= 11 is 0. The van der Waals surface area contributed by atoms with Gasteiger partial charge in [0.05, 0.1) is 5.52 Å². The normalized spacial score (nSPS) is 13.2. The summed E-state index contributed by atoms with van der Waals surface area (Å²) in [4.78, 5) is 15.1. The summed E-state index contributed by atoms with van der Waals surface area (Å²) < 4.78 is 27.0. The molecule has 6 nitrogen and oxygen atoms in total. The van der Waals surface area contributed by atoms with E-state index in [2.05, 4.69) is 9.71 Å². The maximum Gasteiger partial charge on any atom is 0.321 e. The van der Waals surface area contributed by atoms with E-state index in [-0.39, 0.29) is 11.3 Å². The van der Waals surface area contributed by atoms with Crippen LogP contribution in [0.2, 0.25) is 0 Å². The number of aromatic nitrogens is 1. The standard InChI is InChI=1S/C14H16N2O4S/c1-3-11(14(17)18)16-21(19,20)12-6-4-5-10-7-9(2)8-15-13(10)12/h4-8,11,16H,3H2,1-2H3,(H,17,18). The van der Waals surface area contributed by atoms with E-state index in [4.69, 9.17) is 5.11 Å². The maximum atomic E-state index is 12.4. The van der Waals surface area contributed by atoms with Gasteiger partial charge in [0.1, 0.15) is 10.9 Å². The van der Waals surface area contributed by atoms with Crippen LogP contribution in [0.1, 0.15) is 18.9 Å². The zero-order chi connectivity index (χ0) is 15.6. The third kappa shape index (κ3) is 3.20. The number of carboxylic acids is 1. The molecule has 1 atom stereocenters. The molecule has 1 aromatic heterocycles. The second kappa shape index (κ2) is 5.79. The van der Waals surface area contributed by atoms with Gasteiger partial charge in [-0.15, -0.1) is 0 Å². The Labute approximate surface area is 122 Å². The molecule has 112 valence electrons. The van der Waals surface area contributed by atoms with Crippen molar-refractivity contribution >= 4 is 26.9 Å². The van der Waals surface area contributed by atoms with Gasteiger partial charge in [0.2, 0.25) is 10.0 Å². The molecule has 2 N–H and O–H groups in total. The minimum Gasteiger partial charge on any atom is -0.480 e. The van der Waals surface area contributed by atoms with Crippen LogP contribution in [0, 0.1) is 6.92 Å². The summed E-state index contributed by atoms with van der Waals surface area (Å²) in [6.45, 7) is 3.47. The number of carbonyl (C=O) groups is 1. The van der Waals surface area contributed by atoms with Crippen molar-refractivity contribution in [3.05, 3.63) is 36.0 Å². The van der Waals surface area contributed by atoms with Crippen molar-refractivity contribution in [3.8, 4) is 0 Å². The van der Waals surface area contributed by atoms with Crippen LogP contribution in [-0.2, 0) is 14.8 Å². The van der Waals surface area contributed by atoms with Gasteiger partial charge in [0, 0.05) is 11.6 Å². The Morgan fingerprint density at radius 1 is 1.43 bits per heavy atom. The second-order valence-electron chi connectivity index (χ2n) is 4.76. The Hall–Kier alpha value is -1.99. The summed E-state index contributed by atoms with van der Waals surface area (Å²) in [7, 11) is -3.95.